The lowest BCUT2D eigenvalue weighted by Crippen LogP contribution is -2.20. The predicted octanol–water partition coefficient (Wildman–Crippen LogP) is 3.80. The van der Waals surface area contributed by atoms with Crippen LogP contribution in [-0.4, -0.2) is 35.6 Å². The quantitative estimate of drug-likeness (QED) is 0.757. The zero-order valence-electron chi connectivity index (χ0n) is 13.8. The van der Waals surface area contributed by atoms with Crippen molar-refractivity contribution in [2.75, 3.05) is 18.5 Å². The third kappa shape index (κ3) is 3.38. The van der Waals surface area contributed by atoms with Crippen molar-refractivity contribution in [1.82, 2.24) is 9.97 Å². The van der Waals surface area contributed by atoms with Crippen LogP contribution in [-0.2, 0) is 4.74 Å². The van der Waals surface area contributed by atoms with Crippen molar-refractivity contribution in [2.24, 2.45) is 0 Å². The molecule has 0 saturated heterocycles. The second kappa shape index (κ2) is 7.05. The number of aromatic nitrogens is 2. The molecular weight excluding hydrogens is 298 g/mol. The van der Waals surface area contributed by atoms with Crippen LogP contribution in [0.2, 0.25) is 0 Å². The maximum absolute atomic E-state index is 12.2. The Balaban J connectivity index is 2.44. The fourth-order valence-electron chi connectivity index (χ4n) is 2.31. The van der Waals surface area contributed by atoms with Gasteiger partial charge < -0.3 is 9.64 Å². The van der Waals surface area contributed by atoms with Crippen molar-refractivity contribution in [2.45, 2.75) is 46.6 Å². The van der Waals surface area contributed by atoms with E-state index in [4.69, 9.17) is 4.74 Å². The maximum atomic E-state index is 12.2. The van der Waals surface area contributed by atoms with Crippen LogP contribution in [0.3, 0.4) is 0 Å². The summed E-state index contributed by atoms with van der Waals surface area (Å²) in [6.07, 6.45) is 3.67. The number of carbonyl (C=O) groups excluding carboxylic acids is 1. The number of anilines is 1. The number of unbranched alkanes of at least 4 members (excludes halogenated alkanes) is 1. The van der Waals surface area contributed by atoms with Crippen LogP contribution in [0.4, 0.5) is 5.82 Å². The first kappa shape index (κ1) is 16.7. The number of fused-ring (bicyclic) bond motifs is 1. The third-order valence-electron chi connectivity index (χ3n) is 3.44. The van der Waals surface area contributed by atoms with E-state index in [1.807, 2.05) is 27.8 Å². The van der Waals surface area contributed by atoms with E-state index in [1.165, 1.54) is 11.3 Å². The SMILES string of the molecule is CCCCN(C)c1ncnc2sc(C(=O)OC(C)C)c(C)c12. The van der Waals surface area contributed by atoms with Gasteiger partial charge in [0.05, 0.1) is 11.5 Å². The molecule has 5 nitrogen and oxygen atoms in total. The molecule has 120 valence electrons. The molecular formula is C16H23N3O2S. The molecule has 2 aromatic rings. The standard InChI is InChI=1S/C16H23N3O2S/c1-6-7-8-19(5)14-12-11(4)13(16(20)21-10(2)3)22-15(12)18-9-17-14/h9-10H,6-8H2,1-5H3. The van der Waals surface area contributed by atoms with Gasteiger partial charge in [-0.05, 0) is 32.8 Å². The largest absolute Gasteiger partial charge is 0.459 e. The van der Waals surface area contributed by atoms with E-state index in [0.29, 0.717) is 4.88 Å². The molecule has 0 fully saturated rings. The van der Waals surface area contributed by atoms with Crippen LogP contribution in [0.25, 0.3) is 10.2 Å². The Labute approximate surface area is 135 Å². The van der Waals surface area contributed by atoms with E-state index in [-0.39, 0.29) is 12.1 Å². The molecule has 6 heteroatoms. The summed E-state index contributed by atoms with van der Waals surface area (Å²) in [6.45, 7) is 8.74. The molecule has 0 bridgehead atoms. The average molecular weight is 321 g/mol. The molecule has 2 rings (SSSR count). The lowest BCUT2D eigenvalue weighted by Gasteiger charge is -2.18. The molecule has 0 saturated carbocycles. The molecule has 0 amide bonds. The zero-order valence-corrected chi connectivity index (χ0v) is 14.7. The Hall–Kier alpha value is -1.69. The molecule has 22 heavy (non-hydrogen) atoms. The Morgan fingerprint density at radius 2 is 2.14 bits per heavy atom. The molecule has 0 spiro atoms. The van der Waals surface area contributed by atoms with E-state index >= 15 is 0 Å². The third-order valence-corrected chi connectivity index (χ3v) is 4.62. The highest BCUT2D eigenvalue weighted by atomic mass is 32.1. The Morgan fingerprint density at radius 3 is 2.77 bits per heavy atom. The lowest BCUT2D eigenvalue weighted by atomic mass is 10.2. The fourth-order valence-corrected chi connectivity index (χ4v) is 3.33. The van der Waals surface area contributed by atoms with E-state index < -0.39 is 0 Å². The van der Waals surface area contributed by atoms with Gasteiger partial charge in [0.25, 0.3) is 0 Å². The lowest BCUT2D eigenvalue weighted by molar-refractivity contribution is 0.0383. The minimum atomic E-state index is -0.280. The highest BCUT2D eigenvalue weighted by molar-refractivity contribution is 7.20. The molecule has 0 radical (unpaired) electrons. The second-order valence-corrected chi connectivity index (χ2v) is 6.66. The summed E-state index contributed by atoms with van der Waals surface area (Å²) in [5.41, 5.74) is 0.907. The van der Waals surface area contributed by atoms with Gasteiger partial charge in [0.15, 0.2) is 0 Å². The Bertz CT molecular complexity index is 667. The number of carbonyl (C=O) groups is 1. The Morgan fingerprint density at radius 1 is 1.41 bits per heavy atom. The topological polar surface area (TPSA) is 55.3 Å². The van der Waals surface area contributed by atoms with Gasteiger partial charge in [-0.3, -0.25) is 0 Å². The molecule has 0 aromatic carbocycles. The minimum Gasteiger partial charge on any atom is -0.459 e. The highest BCUT2D eigenvalue weighted by Crippen LogP contribution is 2.35. The first-order valence-corrected chi connectivity index (χ1v) is 8.43. The number of hydrogen-bond acceptors (Lipinski definition) is 6. The molecule has 0 N–H and O–H groups in total. The normalized spacial score (nSPS) is 11.2. The maximum Gasteiger partial charge on any atom is 0.348 e. The Kier molecular flexibility index (Phi) is 5.34. The van der Waals surface area contributed by atoms with Gasteiger partial charge in [-0.2, -0.15) is 0 Å². The molecule has 0 aliphatic heterocycles. The molecule has 2 aromatic heterocycles. The molecule has 0 atom stereocenters. The van der Waals surface area contributed by atoms with Gasteiger partial charge in [0.2, 0.25) is 0 Å². The van der Waals surface area contributed by atoms with Crippen LogP contribution in [0, 0.1) is 6.92 Å². The second-order valence-electron chi connectivity index (χ2n) is 5.66. The monoisotopic (exact) mass is 321 g/mol. The van der Waals surface area contributed by atoms with Crippen molar-refractivity contribution in [3.8, 4) is 0 Å². The summed E-state index contributed by atoms with van der Waals surface area (Å²) in [5.74, 6) is 0.605. The molecule has 2 heterocycles. The van der Waals surface area contributed by atoms with Gasteiger partial charge in [0.1, 0.15) is 21.9 Å². The first-order valence-electron chi connectivity index (χ1n) is 7.61. The van der Waals surface area contributed by atoms with Crippen LogP contribution in [0.15, 0.2) is 6.33 Å². The summed E-state index contributed by atoms with van der Waals surface area (Å²) < 4.78 is 5.32. The minimum absolute atomic E-state index is 0.130. The number of ether oxygens (including phenoxy) is 1. The van der Waals surface area contributed by atoms with Crippen molar-refractivity contribution in [1.29, 1.82) is 0 Å². The van der Waals surface area contributed by atoms with Gasteiger partial charge in [-0.25, -0.2) is 14.8 Å². The number of thiophene rings is 1. The summed E-state index contributed by atoms with van der Waals surface area (Å²) >= 11 is 1.38. The van der Waals surface area contributed by atoms with E-state index in [2.05, 4.69) is 21.8 Å². The summed E-state index contributed by atoms with van der Waals surface area (Å²) in [6, 6.07) is 0. The number of nitrogens with zero attached hydrogens (tertiary/aromatic N) is 3. The van der Waals surface area contributed by atoms with Crippen LogP contribution in [0.5, 0.6) is 0 Å². The molecule has 0 aliphatic rings. The van der Waals surface area contributed by atoms with Crippen LogP contribution in [0.1, 0.15) is 48.8 Å². The van der Waals surface area contributed by atoms with E-state index in [9.17, 15) is 4.79 Å². The highest BCUT2D eigenvalue weighted by Gasteiger charge is 2.22. The molecule has 0 unspecified atom stereocenters. The number of aryl methyl sites for hydroxylation is 1. The zero-order chi connectivity index (χ0) is 16.3. The summed E-state index contributed by atoms with van der Waals surface area (Å²) in [4.78, 5) is 24.6. The fraction of sp³-hybridized carbons (Fsp3) is 0.562. The predicted molar refractivity (Wildman–Crippen MR) is 90.9 cm³/mol. The van der Waals surface area contributed by atoms with E-state index in [0.717, 1.165) is 41.0 Å². The summed E-state index contributed by atoms with van der Waals surface area (Å²) in [5, 5.41) is 0.960. The van der Waals surface area contributed by atoms with Gasteiger partial charge in [0, 0.05) is 13.6 Å². The van der Waals surface area contributed by atoms with Gasteiger partial charge in [-0.15, -0.1) is 11.3 Å². The number of hydrogen-bond donors (Lipinski definition) is 0. The number of esters is 1. The van der Waals surface area contributed by atoms with Crippen molar-refractivity contribution < 1.29 is 9.53 Å². The average Bonchev–Trinajstić information content (AvgIpc) is 2.81. The molecule has 0 aliphatic carbocycles. The number of rotatable bonds is 6. The van der Waals surface area contributed by atoms with Crippen molar-refractivity contribution >= 4 is 33.3 Å². The van der Waals surface area contributed by atoms with Crippen molar-refractivity contribution in [3.63, 3.8) is 0 Å². The smallest absolute Gasteiger partial charge is 0.348 e. The van der Waals surface area contributed by atoms with Gasteiger partial charge >= 0.3 is 5.97 Å². The van der Waals surface area contributed by atoms with E-state index in [1.54, 1.807) is 6.33 Å². The van der Waals surface area contributed by atoms with Crippen LogP contribution < -0.4 is 4.90 Å². The van der Waals surface area contributed by atoms with Crippen LogP contribution >= 0.6 is 11.3 Å². The van der Waals surface area contributed by atoms with Crippen molar-refractivity contribution in [3.05, 3.63) is 16.8 Å². The van der Waals surface area contributed by atoms with Gasteiger partial charge in [-0.1, -0.05) is 13.3 Å². The first-order chi connectivity index (χ1) is 10.5. The summed E-state index contributed by atoms with van der Waals surface area (Å²) in [7, 11) is 2.03.